The molecule has 0 spiro atoms. The second-order valence-corrected chi connectivity index (χ2v) is 5.18. The molecule has 0 radical (unpaired) electrons. The van der Waals surface area contributed by atoms with Crippen LogP contribution in [0.5, 0.6) is 5.75 Å². The molecule has 102 valence electrons. The second kappa shape index (κ2) is 8.35. The number of halogens is 1. The van der Waals surface area contributed by atoms with E-state index in [1.54, 1.807) is 18.2 Å². The lowest BCUT2D eigenvalue weighted by Gasteiger charge is -2.09. The molecule has 0 saturated heterocycles. The molecule has 1 aromatic carbocycles. The van der Waals surface area contributed by atoms with Crippen molar-refractivity contribution in [2.45, 2.75) is 26.8 Å². The van der Waals surface area contributed by atoms with Gasteiger partial charge in [-0.25, -0.2) is 0 Å². The highest BCUT2D eigenvalue weighted by Gasteiger charge is 2.01. The Bertz CT molecular complexity index is 356. The molecule has 2 N–H and O–H groups in total. The number of hydrogen-bond acceptors (Lipinski definition) is 3. The first-order valence-electron chi connectivity index (χ1n) is 6.35. The van der Waals surface area contributed by atoms with Crippen molar-refractivity contribution < 1.29 is 9.84 Å². The topological polar surface area (TPSA) is 41.5 Å². The maximum atomic E-state index is 9.61. The molecular formula is C14H22ClNO2. The summed E-state index contributed by atoms with van der Waals surface area (Å²) in [5.74, 6) is 0.953. The fourth-order valence-electron chi connectivity index (χ4n) is 1.48. The van der Waals surface area contributed by atoms with Crippen LogP contribution in [0, 0.1) is 5.92 Å². The van der Waals surface area contributed by atoms with Crippen LogP contribution < -0.4 is 5.32 Å². The van der Waals surface area contributed by atoms with Gasteiger partial charge < -0.3 is 15.2 Å². The monoisotopic (exact) mass is 271 g/mol. The van der Waals surface area contributed by atoms with Crippen LogP contribution in [0.1, 0.15) is 25.8 Å². The number of nitrogens with one attached hydrogen (secondary N) is 1. The summed E-state index contributed by atoms with van der Waals surface area (Å²) in [7, 11) is 0. The first kappa shape index (κ1) is 15.3. The molecule has 4 heteroatoms. The minimum Gasteiger partial charge on any atom is -0.508 e. The summed E-state index contributed by atoms with van der Waals surface area (Å²) in [5.41, 5.74) is 0.810. The zero-order valence-corrected chi connectivity index (χ0v) is 11.8. The van der Waals surface area contributed by atoms with Gasteiger partial charge >= 0.3 is 0 Å². The lowest BCUT2D eigenvalue weighted by molar-refractivity contribution is 0.125. The van der Waals surface area contributed by atoms with Gasteiger partial charge in [0.2, 0.25) is 0 Å². The Balaban J connectivity index is 2.12. The predicted octanol–water partition coefficient (Wildman–Crippen LogP) is 3.20. The molecule has 0 saturated carbocycles. The first-order chi connectivity index (χ1) is 8.59. The first-order valence-corrected chi connectivity index (χ1v) is 6.73. The van der Waals surface area contributed by atoms with Crippen LogP contribution in [-0.4, -0.2) is 24.9 Å². The Morgan fingerprint density at radius 2 is 2.11 bits per heavy atom. The molecule has 0 aliphatic rings. The van der Waals surface area contributed by atoms with Gasteiger partial charge in [0.25, 0.3) is 0 Å². The van der Waals surface area contributed by atoms with E-state index in [4.69, 9.17) is 16.3 Å². The van der Waals surface area contributed by atoms with Crippen molar-refractivity contribution in [2.75, 3.05) is 19.8 Å². The number of phenols is 1. The van der Waals surface area contributed by atoms with Crippen molar-refractivity contribution in [2.24, 2.45) is 5.92 Å². The van der Waals surface area contributed by atoms with Crippen molar-refractivity contribution in [3.05, 3.63) is 28.8 Å². The summed E-state index contributed by atoms with van der Waals surface area (Å²) >= 11 is 5.86. The minimum atomic E-state index is 0.271. The fourth-order valence-corrected chi connectivity index (χ4v) is 1.68. The average Bonchev–Trinajstić information content (AvgIpc) is 2.32. The highest BCUT2D eigenvalue weighted by molar-refractivity contribution is 6.30. The molecule has 0 aromatic heterocycles. The van der Waals surface area contributed by atoms with Crippen LogP contribution in [0.3, 0.4) is 0 Å². The molecule has 0 atom stereocenters. The molecule has 0 aliphatic heterocycles. The summed E-state index contributed by atoms with van der Waals surface area (Å²) in [6.45, 7) is 7.23. The van der Waals surface area contributed by atoms with Crippen LogP contribution >= 0.6 is 11.6 Å². The largest absolute Gasteiger partial charge is 0.508 e. The maximum absolute atomic E-state index is 9.61. The van der Waals surface area contributed by atoms with Crippen LogP contribution in [0.15, 0.2) is 18.2 Å². The second-order valence-electron chi connectivity index (χ2n) is 4.74. The van der Waals surface area contributed by atoms with Crippen molar-refractivity contribution in [3.63, 3.8) is 0 Å². The molecule has 0 fully saturated rings. The van der Waals surface area contributed by atoms with Crippen LogP contribution in [0.25, 0.3) is 0 Å². The van der Waals surface area contributed by atoms with Gasteiger partial charge in [-0.1, -0.05) is 25.4 Å². The highest BCUT2D eigenvalue weighted by Crippen LogP contribution is 2.20. The summed E-state index contributed by atoms with van der Waals surface area (Å²) in [6, 6.07) is 5.05. The molecule has 1 rings (SSSR count). The molecule has 0 heterocycles. The minimum absolute atomic E-state index is 0.271. The van der Waals surface area contributed by atoms with Crippen molar-refractivity contribution >= 4 is 11.6 Å². The van der Waals surface area contributed by atoms with Gasteiger partial charge in [-0.2, -0.15) is 0 Å². The number of phenolic OH excluding ortho intramolecular Hbond substituents is 1. The smallest absolute Gasteiger partial charge is 0.120 e. The zero-order chi connectivity index (χ0) is 13.4. The quantitative estimate of drug-likeness (QED) is 0.714. The number of hydrogen-bond donors (Lipinski definition) is 2. The molecule has 0 amide bonds. The Hall–Kier alpha value is -0.770. The normalized spacial score (nSPS) is 11.1. The lowest BCUT2D eigenvalue weighted by Crippen LogP contribution is -2.19. The molecule has 0 aliphatic carbocycles. The van der Waals surface area contributed by atoms with Crippen molar-refractivity contribution in [1.29, 1.82) is 0 Å². The number of rotatable bonds is 8. The van der Waals surface area contributed by atoms with Crippen molar-refractivity contribution in [3.8, 4) is 5.75 Å². The van der Waals surface area contributed by atoms with E-state index in [1.165, 1.54) is 0 Å². The Kier molecular flexibility index (Phi) is 7.09. The average molecular weight is 272 g/mol. The third-order valence-corrected chi connectivity index (χ3v) is 2.85. The van der Waals surface area contributed by atoms with Gasteiger partial charge in [-0.3, -0.25) is 0 Å². The third-order valence-electron chi connectivity index (χ3n) is 2.62. The predicted molar refractivity (Wildman–Crippen MR) is 75.1 cm³/mol. The zero-order valence-electron chi connectivity index (χ0n) is 11.1. The van der Waals surface area contributed by atoms with Gasteiger partial charge in [-0.05, 0) is 30.5 Å². The van der Waals surface area contributed by atoms with Crippen LogP contribution in [-0.2, 0) is 11.3 Å². The standard InChI is InChI=1S/C14H22ClNO2/c1-11(2)5-7-18-8-6-16-10-12-9-13(15)3-4-14(12)17/h3-4,9,11,16-17H,5-8,10H2,1-2H3. The van der Waals surface area contributed by atoms with E-state index in [0.717, 1.165) is 25.1 Å². The summed E-state index contributed by atoms with van der Waals surface area (Å²) in [6.07, 6.45) is 1.09. The number of ether oxygens (including phenoxy) is 1. The highest BCUT2D eigenvalue weighted by atomic mass is 35.5. The van der Waals surface area contributed by atoms with E-state index in [0.29, 0.717) is 24.1 Å². The van der Waals surface area contributed by atoms with Gasteiger partial charge in [0.05, 0.1) is 6.61 Å². The third kappa shape index (κ3) is 6.24. The Morgan fingerprint density at radius 1 is 1.33 bits per heavy atom. The van der Waals surface area contributed by atoms with Crippen LogP contribution in [0.4, 0.5) is 0 Å². The van der Waals surface area contributed by atoms with Gasteiger partial charge in [0.15, 0.2) is 0 Å². The Labute approximate surface area is 114 Å². The fraction of sp³-hybridized carbons (Fsp3) is 0.571. The molecular weight excluding hydrogens is 250 g/mol. The van der Waals surface area contributed by atoms with Crippen molar-refractivity contribution in [1.82, 2.24) is 5.32 Å². The number of aromatic hydroxyl groups is 1. The summed E-state index contributed by atoms with van der Waals surface area (Å²) < 4.78 is 5.49. The Morgan fingerprint density at radius 3 is 2.83 bits per heavy atom. The van der Waals surface area contributed by atoms with E-state index in [1.807, 2.05) is 0 Å². The van der Waals surface area contributed by atoms with E-state index in [2.05, 4.69) is 19.2 Å². The van der Waals surface area contributed by atoms with E-state index < -0.39 is 0 Å². The van der Waals surface area contributed by atoms with E-state index in [9.17, 15) is 5.11 Å². The molecule has 3 nitrogen and oxygen atoms in total. The van der Waals surface area contributed by atoms with E-state index in [-0.39, 0.29) is 5.75 Å². The molecule has 1 aromatic rings. The molecule has 0 unspecified atom stereocenters. The number of benzene rings is 1. The lowest BCUT2D eigenvalue weighted by atomic mass is 10.1. The van der Waals surface area contributed by atoms with Gasteiger partial charge in [-0.15, -0.1) is 0 Å². The molecule has 18 heavy (non-hydrogen) atoms. The van der Waals surface area contributed by atoms with Gasteiger partial charge in [0.1, 0.15) is 5.75 Å². The van der Waals surface area contributed by atoms with Crippen LogP contribution in [0.2, 0.25) is 5.02 Å². The maximum Gasteiger partial charge on any atom is 0.120 e. The van der Waals surface area contributed by atoms with E-state index >= 15 is 0 Å². The SMILES string of the molecule is CC(C)CCOCCNCc1cc(Cl)ccc1O. The summed E-state index contributed by atoms with van der Waals surface area (Å²) in [4.78, 5) is 0. The molecule has 0 bridgehead atoms. The van der Waals surface area contributed by atoms with Gasteiger partial charge in [0, 0.05) is 30.3 Å². The summed E-state index contributed by atoms with van der Waals surface area (Å²) in [5, 5.41) is 13.5.